The summed E-state index contributed by atoms with van der Waals surface area (Å²) in [6.45, 7) is 4.39. The van der Waals surface area contributed by atoms with Crippen molar-refractivity contribution in [3.63, 3.8) is 0 Å². The van der Waals surface area contributed by atoms with Gasteiger partial charge in [-0.2, -0.15) is 5.10 Å². The molecule has 0 spiro atoms. The van der Waals surface area contributed by atoms with Crippen LogP contribution in [0.2, 0.25) is 10.0 Å². The number of nitrogens with one attached hydrogen (secondary N) is 1. The molecule has 1 unspecified atom stereocenters. The van der Waals surface area contributed by atoms with Crippen molar-refractivity contribution in [2.24, 2.45) is 5.92 Å². The maximum atomic E-state index is 6.20. The number of H-pyrrole nitrogens is 1. The van der Waals surface area contributed by atoms with Crippen LogP contribution in [0.1, 0.15) is 36.6 Å². The Kier molecular flexibility index (Phi) is 6.51. The highest BCUT2D eigenvalue weighted by Crippen LogP contribution is 2.41. The zero-order valence-electron chi connectivity index (χ0n) is 14.3. The maximum Gasteiger partial charge on any atom is 0.127 e. The van der Waals surface area contributed by atoms with Gasteiger partial charge in [0.05, 0.1) is 11.6 Å². The molecule has 0 radical (unpaired) electrons. The van der Waals surface area contributed by atoms with Crippen molar-refractivity contribution in [1.29, 1.82) is 0 Å². The second-order valence-corrected chi connectivity index (χ2v) is 8.47. The maximum absolute atomic E-state index is 6.20. The van der Waals surface area contributed by atoms with Crippen molar-refractivity contribution in [3.05, 3.63) is 69.6 Å². The minimum absolute atomic E-state index is 0.155. The zero-order chi connectivity index (χ0) is 18.7. The van der Waals surface area contributed by atoms with E-state index in [0.717, 1.165) is 21.2 Å². The first kappa shape index (κ1) is 19.6. The number of hydrogen-bond acceptors (Lipinski definition) is 3. The first-order valence-corrected chi connectivity index (χ1v) is 10.3. The summed E-state index contributed by atoms with van der Waals surface area (Å²) in [4.78, 5) is 5.08. The van der Waals surface area contributed by atoms with Gasteiger partial charge in [0.1, 0.15) is 5.03 Å². The van der Waals surface area contributed by atoms with E-state index in [2.05, 4.69) is 29.0 Å². The summed E-state index contributed by atoms with van der Waals surface area (Å²) in [5, 5.41) is 9.70. The normalized spacial score (nSPS) is 12.5. The van der Waals surface area contributed by atoms with Gasteiger partial charge in [-0.05, 0) is 41.8 Å². The molecule has 0 aliphatic carbocycles. The van der Waals surface area contributed by atoms with Crippen LogP contribution < -0.4 is 0 Å². The van der Waals surface area contributed by atoms with Crippen molar-refractivity contribution in [1.82, 2.24) is 15.2 Å². The fourth-order valence-corrected chi connectivity index (χ4v) is 4.93. The molecule has 3 nitrogen and oxygen atoms in total. The van der Waals surface area contributed by atoms with Gasteiger partial charge in [0.15, 0.2) is 0 Å². The Morgan fingerprint density at radius 2 is 1.73 bits per heavy atom. The average molecular weight is 427 g/mol. The van der Waals surface area contributed by atoms with Gasteiger partial charge in [0, 0.05) is 38.8 Å². The summed E-state index contributed by atoms with van der Waals surface area (Å²) in [6.07, 6.45) is 3.63. The van der Waals surface area contributed by atoms with E-state index in [1.54, 1.807) is 6.07 Å². The van der Waals surface area contributed by atoms with Crippen molar-refractivity contribution in [2.75, 3.05) is 0 Å². The van der Waals surface area contributed by atoms with E-state index in [-0.39, 0.29) is 5.92 Å². The van der Waals surface area contributed by atoms with Crippen molar-refractivity contribution in [2.45, 2.75) is 35.6 Å². The third-order valence-corrected chi connectivity index (χ3v) is 5.75. The second-order valence-electron chi connectivity index (χ2n) is 6.26. The fraction of sp³-hybridized carbons (Fsp3) is 0.263. The summed E-state index contributed by atoms with van der Waals surface area (Å²) < 4.78 is 0. The van der Waals surface area contributed by atoms with E-state index in [1.165, 1.54) is 17.3 Å². The lowest BCUT2D eigenvalue weighted by molar-refractivity contribution is 0.554. The summed E-state index contributed by atoms with van der Waals surface area (Å²) in [5.74, 6) is 0.884. The van der Waals surface area contributed by atoms with Gasteiger partial charge in [-0.1, -0.05) is 48.8 Å². The van der Waals surface area contributed by atoms with E-state index < -0.39 is 0 Å². The molecule has 26 heavy (non-hydrogen) atoms. The molecule has 1 atom stereocenters. The standard InChI is InChI=1S/C19H18Cl3N3S/c1-11(2)17(12-3-5-23-6-4-12)18-16(10-20)24-25-19(18)26-15-8-13(21)7-14(22)9-15/h3-9,11,17H,10H2,1-2H3,(H,24,25). The molecule has 0 saturated heterocycles. The summed E-state index contributed by atoms with van der Waals surface area (Å²) >= 11 is 20.0. The lowest BCUT2D eigenvalue weighted by Gasteiger charge is -2.22. The summed E-state index contributed by atoms with van der Waals surface area (Å²) in [5.41, 5.74) is 3.23. The quantitative estimate of drug-likeness (QED) is 0.441. The molecule has 0 aliphatic heterocycles. The highest BCUT2D eigenvalue weighted by atomic mass is 35.5. The van der Waals surface area contributed by atoms with Gasteiger partial charge >= 0.3 is 0 Å². The molecule has 1 aromatic carbocycles. The predicted molar refractivity (Wildman–Crippen MR) is 110 cm³/mol. The van der Waals surface area contributed by atoms with Crippen LogP contribution >= 0.6 is 46.6 Å². The number of halogens is 3. The monoisotopic (exact) mass is 425 g/mol. The molecular weight excluding hydrogens is 409 g/mol. The van der Waals surface area contributed by atoms with Crippen LogP contribution in [0.5, 0.6) is 0 Å². The number of benzene rings is 1. The van der Waals surface area contributed by atoms with Gasteiger partial charge in [0.2, 0.25) is 0 Å². The number of pyridine rings is 1. The Morgan fingerprint density at radius 3 is 2.31 bits per heavy atom. The van der Waals surface area contributed by atoms with Crippen molar-refractivity contribution < 1.29 is 0 Å². The van der Waals surface area contributed by atoms with Crippen LogP contribution in [0.4, 0.5) is 0 Å². The minimum Gasteiger partial charge on any atom is -0.280 e. The smallest absolute Gasteiger partial charge is 0.127 e. The summed E-state index contributed by atoms with van der Waals surface area (Å²) in [7, 11) is 0. The molecule has 0 fully saturated rings. The Bertz CT molecular complexity index is 861. The Labute approximate surface area is 172 Å². The van der Waals surface area contributed by atoms with E-state index in [0.29, 0.717) is 21.8 Å². The molecule has 136 valence electrons. The van der Waals surface area contributed by atoms with Crippen molar-refractivity contribution >= 4 is 46.6 Å². The Morgan fingerprint density at radius 1 is 1.08 bits per heavy atom. The van der Waals surface area contributed by atoms with Crippen LogP contribution in [-0.4, -0.2) is 15.2 Å². The molecule has 1 N–H and O–H groups in total. The van der Waals surface area contributed by atoms with E-state index >= 15 is 0 Å². The average Bonchev–Trinajstić information content (AvgIpc) is 2.97. The number of aromatic amines is 1. The van der Waals surface area contributed by atoms with Gasteiger partial charge in [0.25, 0.3) is 0 Å². The molecule has 2 aromatic heterocycles. The third-order valence-electron chi connectivity index (χ3n) is 4.08. The Hall–Kier alpha value is -1.20. The molecule has 0 amide bonds. The zero-order valence-corrected chi connectivity index (χ0v) is 17.4. The molecule has 2 heterocycles. The van der Waals surface area contributed by atoms with Gasteiger partial charge in [-0.25, -0.2) is 0 Å². The summed E-state index contributed by atoms with van der Waals surface area (Å²) in [6, 6.07) is 9.57. The number of hydrogen-bond donors (Lipinski definition) is 1. The van der Waals surface area contributed by atoms with Crippen LogP contribution in [0.25, 0.3) is 0 Å². The molecular formula is C19H18Cl3N3S. The molecule has 0 aliphatic rings. The van der Waals surface area contributed by atoms with Crippen LogP contribution in [0.15, 0.2) is 52.6 Å². The van der Waals surface area contributed by atoms with E-state index in [4.69, 9.17) is 34.8 Å². The van der Waals surface area contributed by atoms with Crippen LogP contribution in [-0.2, 0) is 5.88 Å². The molecule has 7 heteroatoms. The number of rotatable bonds is 6. The van der Waals surface area contributed by atoms with E-state index in [1.807, 2.05) is 36.7 Å². The lowest BCUT2D eigenvalue weighted by atomic mass is 9.83. The molecule has 3 rings (SSSR count). The van der Waals surface area contributed by atoms with Crippen LogP contribution in [0.3, 0.4) is 0 Å². The fourth-order valence-electron chi connectivity index (χ4n) is 3.02. The lowest BCUT2D eigenvalue weighted by Crippen LogP contribution is -2.11. The Balaban J connectivity index is 2.07. The molecule has 3 aromatic rings. The molecule has 0 bridgehead atoms. The number of alkyl halides is 1. The van der Waals surface area contributed by atoms with Gasteiger partial charge in [-0.3, -0.25) is 10.1 Å². The first-order chi connectivity index (χ1) is 12.5. The third kappa shape index (κ3) is 4.37. The van der Waals surface area contributed by atoms with Crippen LogP contribution in [0, 0.1) is 5.92 Å². The van der Waals surface area contributed by atoms with Gasteiger partial charge < -0.3 is 0 Å². The van der Waals surface area contributed by atoms with Gasteiger partial charge in [-0.15, -0.1) is 11.6 Å². The highest BCUT2D eigenvalue weighted by molar-refractivity contribution is 7.99. The largest absolute Gasteiger partial charge is 0.280 e. The second kappa shape index (κ2) is 8.66. The SMILES string of the molecule is CC(C)C(c1ccncc1)c1c(Sc2cc(Cl)cc(Cl)c2)n[nH]c1CCl. The predicted octanol–water partition coefficient (Wildman–Crippen LogP) is 6.79. The topological polar surface area (TPSA) is 41.6 Å². The molecule has 0 saturated carbocycles. The first-order valence-electron chi connectivity index (χ1n) is 8.16. The van der Waals surface area contributed by atoms with E-state index in [9.17, 15) is 0 Å². The number of aromatic nitrogens is 3. The highest BCUT2D eigenvalue weighted by Gasteiger charge is 2.27. The van der Waals surface area contributed by atoms with Crippen molar-refractivity contribution in [3.8, 4) is 0 Å². The number of nitrogens with zero attached hydrogens (tertiary/aromatic N) is 2. The minimum atomic E-state index is 0.155.